The minimum absolute atomic E-state index is 0.0101. The lowest BCUT2D eigenvalue weighted by Gasteiger charge is -2.15. The summed E-state index contributed by atoms with van der Waals surface area (Å²) in [6.45, 7) is -1.64. The number of carbonyl (C=O) groups excluding carboxylic acids is 2. The fourth-order valence-corrected chi connectivity index (χ4v) is 2.27. The van der Waals surface area contributed by atoms with Crippen molar-refractivity contribution in [3.05, 3.63) is 53.1 Å². The molecule has 0 saturated carbocycles. The first-order valence-electron chi connectivity index (χ1n) is 7.70. The number of alkyl halides is 2. The zero-order chi connectivity index (χ0) is 20.0. The van der Waals surface area contributed by atoms with Crippen LogP contribution in [0.15, 0.2) is 42.5 Å². The molecule has 0 saturated heterocycles. The number of hydrogen-bond acceptors (Lipinski definition) is 5. The van der Waals surface area contributed by atoms with Gasteiger partial charge in [-0.15, -0.1) is 0 Å². The zero-order valence-electron chi connectivity index (χ0n) is 14.4. The van der Waals surface area contributed by atoms with E-state index in [0.29, 0.717) is 10.7 Å². The number of amides is 1. The van der Waals surface area contributed by atoms with Crippen LogP contribution in [0.3, 0.4) is 0 Å². The Morgan fingerprint density at radius 3 is 2.48 bits per heavy atom. The number of hydrogen-bond donors (Lipinski definition) is 1. The molecule has 9 heteroatoms. The Bertz CT molecular complexity index is 831. The van der Waals surface area contributed by atoms with Crippen LogP contribution in [0.5, 0.6) is 11.5 Å². The summed E-state index contributed by atoms with van der Waals surface area (Å²) in [6.07, 6.45) is -1.11. The van der Waals surface area contributed by atoms with E-state index < -0.39 is 24.6 Å². The second-order valence-corrected chi connectivity index (χ2v) is 5.73. The van der Waals surface area contributed by atoms with Crippen molar-refractivity contribution in [1.29, 1.82) is 0 Å². The van der Waals surface area contributed by atoms with Gasteiger partial charge in [0.25, 0.3) is 5.91 Å². The summed E-state index contributed by atoms with van der Waals surface area (Å²) in [5.74, 6) is -1.68. The molecule has 0 heterocycles. The van der Waals surface area contributed by atoms with Crippen molar-refractivity contribution >= 4 is 29.2 Å². The molecule has 0 fully saturated rings. The van der Waals surface area contributed by atoms with Gasteiger partial charge in [0.2, 0.25) is 0 Å². The molecule has 0 unspecified atom stereocenters. The molecule has 0 aromatic heterocycles. The highest BCUT2D eigenvalue weighted by molar-refractivity contribution is 6.30. The van der Waals surface area contributed by atoms with Crippen molar-refractivity contribution in [3.63, 3.8) is 0 Å². The highest BCUT2D eigenvalue weighted by Crippen LogP contribution is 2.29. The third-order valence-electron chi connectivity index (χ3n) is 3.36. The maximum Gasteiger partial charge on any atom is 0.387 e. The maximum atomic E-state index is 12.3. The van der Waals surface area contributed by atoms with E-state index in [4.69, 9.17) is 21.1 Å². The summed E-state index contributed by atoms with van der Waals surface area (Å²) in [6, 6.07) is 10.0. The van der Waals surface area contributed by atoms with E-state index in [9.17, 15) is 18.4 Å². The molecule has 0 bridgehead atoms. The van der Waals surface area contributed by atoms with Gasteiger partial charge in [-0.1, -0.05) is 17.7 Å². The zero-order valence-corrected chi connectivity index (χ0v) is 15.1. The van der Waals surface area contributed by atoms with Gasteiger partial charge < -0.3 is 19.5 Å². The number of benzene rings is 2. The van der Waals surface area contributed by atoms with E-state index in [0.717, 1.165) is 6.07 Å². The lowest BCUT2D eigenvalue weighted by Crippen LogP contribution is -2.30. The molecule has 2 aromatic carbocycles. The number of esters is 1. The number of carbonyl (C=O) groups is 2. The maximum absolute atomic E-state index is 12.3. The summed E-state index contributed by atoms with van der Waals surface area (Å²) in [5, 5.41) is 3.00. The second kappa shape index (κ2) is 9.18. The van der Waals surface area contributed by atoms with Gasteiger partial charge in [-0.3, -0.25) is 4.79 Å². The summed E-state index contributed by atoms with van der Waals surface area (Å²) >= 11 is 5.84. The number of ether oxygens (including phenoxy) is 3. The van der Waals surface area contributed by atoms with Crippen LogP contribution >= 0.6 is 11.6 Å². The molecule has 6 nitrogen and oxygen atoms in total. The lowest BCUT2D eigenvalue weighted by atomic mass is 10.2. The van der Waals surface area contributed by atoms with E-state index in [1.807, 2.05) is 0 Å². The summed E-state index contributed by atoms with van der Waals surface area (Å²) in [7, 11) is 1.24. The van der Waals surface area contributed by atoms with Gasteiger partial charge >= 0.3 is 12.6 Å². The highest BCUT2D eigenvalue weighted by Gasteiger charge is 2.21. The van der Waals surface area contributed by atoms with Gasteiger partial charge in [0.1, 0.15) is 0 Å². The van der Waals surface area contributed by atoms with E-state index >= 15 is 0 Å². The normalized spacial score (nSPS) is 11.6. The number of nitrogens with one attached hydrogen (secondary N) is 1. The average Bonchev–Trinajstić information content (AvgIpc) is 2.61. The molecule has 0 spiro atoms. The third kappa shape index (κ3) is 5.82. The first kappa shape index (κ1) is 20.4. The lowest BCUT2D eigenvalue weighted by molar-refractivity contribution is -0.123. The molecule has 1 N–H and O–H groups in total. The molecular weight excluding hydrogens is 384 g/mol. The van der Waals surface area contributed by atoms with Crippen LogP contribution in [0.25, 0.3) is 0 Å². The van der Waals surface area contributed by atoms with Crippen LogP contribution < -0.4 is 14.8 Å². The number of anilines is 1. The predicted octanol–water partition coefficient (Wildman–Crippen LogP) is 4.13. The van der Waals surface area contributed by atoms with Crippen LogP contribution in [0.4, 0.5) is 14.5 Å². The van der Waals surface area contributed by atoms with Gasteiger partial charge in [0, 0.05) is 10.7 Å². The number of methoxy groups -OCH3 is 1. The van der Waals surface area contributed by atoms with Gasteiger partial charge in [-0.05, 0) is 43.3 Å². The fourth-order valence-electron chi connectivity index (χ4n) is 2.08. The number of halogens is 3. The third-order valence-corrected chi connectivity index (χ3v) is 3.60. The van der Waals surface area contributed by atoms with Gasteiger partial charge in [-0.25, -0.2) is 4.79 Å². The minimum atomic E-state index is -3.04. The molecule has 27 heavy (non-hydrogen) atoms. The van der Waals surface area contributed by atoms with Gasteiger partial charge in [0.15, 0.2) is 17.6 Å². The van der Waals surface area contributed by atoms with Crippen molar-refractivity contribution in [2.45, 2.75) is 19.6 Å². The Labute approximate surface area is 159 Å². The van der Waals surface area contributed by atoms with E-state index in [1.165, 1.54) is 26.2 Å². The molecular formula is C18H16ClF2NO5. The molecule has 1 atom stereocenters. The Kier molecular flexibility index (Phi) is 6.95. The Hall–Kier alpha value is -2.87. The Balaban J connectivity index is 2.04. The average molecular weight is 400 g/mol. The largest absolute Gasteiger partial charge is 0.493 e. The van der Waals surface area contributed by atoms with Crippen LogP contribution in [0.1, 0.15) is 17.3 Å². The molecule has 2 rings (SSSR count). The predicted molar refractivity (Wildman–Crippen MR) is 94.6 cm³/mol. The quantitative estimate of drug-likeness (QED) is 0.708. The smallest absolute Gasteiger partial charge is 0.387 e. The molecule has 0 aliphatic heterocycles. The van der Waals surface area contributed by atoms with E-state index in [-0.39, 0.29) is 17.1 Å². The van der Waals surface area contributed by atoms with Crippen molar-refractivity contribution in [1.82, 2.24) is 0 Å². The molecule has 2 aromatic rings. The topological polar surface area (TPSA) is 73.9 Å². The molecule has 0 aliphatic rings. The fraction of sp³-hybridized carbons (Fsp3) is 0.222. The Morgan fingerprint density at radius 2 is 1.85 bits per heavy atom. The second-order valence-electron chi connectivity index (χ2n) is 5.29. The van der Waals surface area contributed by atoms with Crippen molar-refractivity contribution in [2.75, 3.05) is 12.4 Å². The molecule has 0 aliphatic carbocycles. The molecule has 1 amide bonds. The van der Waals surface area contributed by atoms with Crippen molar-refractivity contribution in [2.24, 2.45) is 0 Å². The first-order chi connectivity index (χ1) is 12.8. The monoisotopic (exact) mass is 399 g/mol. The number of rotatable bonds is 7. The Morgan fingerprint density at radius 1 is 1.11 bits per heavy atom. The minimum Gasteiger partial charge on any atom is -0.493 e. The van der Waals surface area contributed by atoms with Crippen LogP contribution in [0, 0.1) is 0 Å². The van der Waals surface area contributed by atoms with E-state index in [1.54, 1.807) is 24.3 Å². The molecule has 0 radical (unpaired) electrons. The highest BCUT2D eigenvalue weighted by atomic mass is 35.5. The summed E-state index contributed by atoms with van der Waals surface area (Å²) in [5.41, 5.74) is 0.460. The standard InChI is InChI=1S/C18H16ClF2NO5/c1-10(16(23)22-13-5-3-4-12(19)9-13)26-17(24)11-6-7-14(27-18(20)21)15(8-11)25-2/h3-10,18H,1-2H3,(H,22,23)/t10-/m0/s1. The summed E-state index contributed by atoms with van der Waals surface area (Å²) in [4.78, 5) is 24.3. The van der Waals surface area contributed by atoms with Crippen molar-refractivity contribution in [3.8, 4) is 11.5 Å². The van der Waals surface area contributed by atoms with Crippen LogP contribution in [0.2, 0.25) is 5.02 Å². The summed E-state index contributed by atoms with van der Waals surface area (Å²) < 4.78 is 39.0. The van der Waals surface area contributed by atoms with E-state index in [2.05, 4.69) is 10.1 Å². The van der Waals surface area contributed by atoms with Gasteiger partial charge in [-0.2, -0.15) is 8.78 Å². The van der Waals surface area contributed by atoms with Crippen LogP contribution in [-0.4, -0.2) is 31.7 Å². The van der Waals surface area contributed by atoms with Crippen molar-refractivity contribution < 1.29 is 32.6 Å². The molecule has 144 valence electrons. The van der Waals surface area contributed by atoms with Crippen LogP contribution in [-0.2, 0) is 9.53 Å². The first-order valence-corrected chi connectivity index (χ1v) is 8.08. The SMILES string of the molecule is COc1cc(C(=O)O[C@@H](C)C(=O)Nc2cccc(Cl)c2)ccc1OC(F)F. The van der Waals surface area contributed by atoms with Gasteiger partial charge in [0.05, 0.1) is 12.7 Å².